The number of rotatable bonds is 7. The van der Waals surface area contributed by atoms with Gasteiger partial charge in [0.1, 0.15) is 0 Å². The van der Waals surface area contributed by atoms with E-state index in [-0.39, 0.29) is 0 Å². The van der Waals surface area contributed by atoms with Crippen molar-refractivity contribution in [3.05, 3.63) is 218 Å². The Balaban J connectivity index is 0.969. The zero-order chi connectivity index (χ0) is 35.8. The van der Waals surface area contributed by atoms with Gasteiger partial charge in [-0.3, -0.25) is 0 Å². The van der Waals surface area contributed by atoms with E-state index in [4.69, 9.17) is 0 Å². The van der Waals surface area contributed by atoms with Gasteiger partial charge < -0.3 is 9.47 Å². The normalized spacial score (nSPS) is 11.3. The van der Waals surface area contributed by atoms with Crippen molar-refractivity contribution in [3.63, 3.8) is 0 Å². The van der Waals surface area contributed by atoms with Crippen LogP contribution in [-0.2, 0) is 0 Å². The molecule has 1 aromatic heterocycles. The van der Waals surface area contributed by atoms with E-state index in [2.05, 4.69) is 228 Å². The first-order chi connectivity index (χ1) is 26.8. The second-order valence-corrected chi connectivity index (χ2v) is 13.8. The summed E-state index contributed by atoms with van der Waals surface area (Å²) in [5.74, 6) is 0. The molecule has 254 valence electrons. The first-order valence-electron chi connectivity index (χ1n) is 18.5. The van der Waals surface area contributed by atoms with E-state index in [1.54, 1.807) is 0 Å². The van der Waals surface area contributed by atoms with Gasteiger partial charge in [0.15, 0.2) is 0 Å². The first kappa shape index (κ1) is 31.6. The Morgan fingerprint density at radius 3 is 1.39 bits per heavy atom. The highest BCUT2D eigenvalue weighted by molar-refractivity contribution is 6.09. The van der Waals surface area contributed by atoms with Crippen LogP contribution in [0.2, 0.25) is 0 Å². The molecule has 0 spiro atoms. The average Bonchev–Trinajstić information content (AvgIpc) is 3.59. The molecule has 0 amide bonds. The first-order valence-corrected chi connectivity index (χ1v) is 18.5. The van der Waals surface area contributed by atoms with Gasteiger partial charge in [0.25, 0.3) is 0 Å². The third kappa shape index (κ3) is 5.71. The molecule has 0 radical (unpaired) electrons. The maximum Gasteiger partial charge on any atom is 0.0541 e. The quantitative estimate of drug-likeness (QED) is 0.162. The van der Waals surface area contributed by atoms with Gasteiger partial charge in [-0.15, -0.1) is 0 Å². The van der Waals surface area contributed by atoms with Crippen LogP contribution in [0.25, 0.3) is 71.6 Å². The van der Waals surface area contributed by atoms with Crippen LogP contribution in [0.3, 0.4) is 0 Å². The Labute approximate surface area is 315 Å². The third-order valence-electron chi connectivity index (χ3n) is 10.6. The summed E-state index contributed by atoms with van der Waals surface area (Å²) in [7, 11) is 0. The average molecular weight is 689 g/mol. The van der Waals surface area contributed by atoms with Crippen LogP contribution < -0.4 is 4.90 Å². The number of hydrogen-bond donors (Lipinski definition) is 0. The minimum absolute atomic E-state index is 1.11. The molecule has 0 unspecified atom stereocenters. The summed E-state index contributed by atoms with van der Waals surface area (Å²) in [6.45, 7) is 0. The van der Waals surface area contributed by atoms with Crippen molar-refractivity contribution in [1.82, 2.24) is 4.57 Å². The number of nitrogens with zero attached hydrogens (tertiary/aromatic N) is 2. The van der Waals surface area contributed by atoms with Gasteiger partial charge in [0, 0.05) is 33.5 Å². The lowest BCUT2D eigenvalue weighted by molar-refractivity contribution is 1.18. The van der Waals surface area contributed by atoms with Crippen LogP contribution in [0.15, 0.2) is 218 Å². The monoisotopic (exact) mass is 688 g/mol. The van der Waals surface area contributed by atoms with E-state index in [0.717, 1.165) is 22.7 Å². The second kappa shape index (κ2) is 13.4. The van der Waals surface area contributed by atoms with E-state index in [1.807, 2.05) is 0 Å². The predicted molar refractivity (Wildman–Crippen MR) is 229 cm³/mol. The van der Waals surface area contributed by atoms with Crippen molar-refractivity contribution < 1.29 is 0 Å². The highest BCUT2D eigenvalue weighted by Crippen LogP contribution is 2.38. The number of para-hydroxylation sites is 3. The van der Waals surface area contributed by atoms with Crippen molar-refractivity contribution in [3.8, 4) is 39.1 Å². The van der Waals surface area contributed by atoms with E-state index in [9.17, 15) is 0 Å². The topological polar surface area (TPSA) is 8.17 Å². The molecule has 2 heteroatoms. The minimum atomic E-state index is 1.11. The summed E-state index contributed by atoms with van der Waals surface area (Å²) in [6, 6.07) is 78.8. The molecule has 2 nitrogen and oxygen atoms in total. The maximum absolute atomic E-state index is 2.38. The number of hydrogen-bond acceptors (Lipinski definition) is 1. The molecule has 0 aliphatic carbocycles. The summed E-state index contributed by atoms with van der Waals surface area (Å²) >= 11 is 0. The van der Waals surface area contributed by atoms with Crippen molar-refractivity contribution in [2.24, 2.45) is 0 Å². The molecule has 0 aliphatic heterocycles. The standard InChI is InChI=1S/C52H36N2/c1-2-17-45(18-3-1)53(46-30-26-38(27-31-46)41-14-10-15-42(34-41)44-25-24-37-12-4-5-13-40(37)35-44)47-32-28-39(29-33-47)43-16-11-19-48(36-43)54-51-22-8-6-20-49(51)50-21-7-9-23-52(50)54/h1-36H. The molecule has 0 fully saturated rings. The molecule has 10 rings (SSSR count). The number of anilines is 3. The Kier molecular flexibility index (Phi) is 7.85. The number of fused-ring (bicyclic) bond motifs is 4. The van der Waals surface area contributed by atoms with Crippen LogP contribution >= 0.6 is 0 Å². The van der Waals surface area contributed by atoms with Gasteiger partial charge in [-0.1, -0.05) is 146 Å². The molecule has 10 aromatic rings. The molecule has 0 atom stereocenters. The Morgan fingerprint density at radius 2 is 0.741 bits per heavy atom. The fourth-order valence-corrected chi connectivity index (χ4v) is 7.90. The predicted octanol–water partition coefficient (Wildman–Crippen LogP) is 14.4. The Morgan fingerprint density at radius 1 is 0.278 bits per heavy atom. The maximum atomic E-state index is 2.38. The van der Waals surface area contributed by atoms with Crippen LogP contribution in [-0.4, -0.2) is 4.57 Å². The Hall–Kier alpha value is -7.16. The fourth-order valence-electron chi connectivity index (χ4n) is 7.90. The SMILES string of the molecule is c1ccc(N(c2ccc(-c3cccc(-c4ccc5ccccc5c4)c3)cc2)c2ccc(-c3cccc(-n4c5ccccc5c5ccccc54)c3)cc2)cc1. The van der Waals surface area contributed by atoms with Crippen molar-refractivity contribution in [1.29, 1.82) is 0 Å². The molecule has 1 heterocycles. The van der Waals surface area contributed by atoms with Crippen LogP contribution in [0.4, 0.5) is 17.1 Å². The highest BCUT2D eigenvalue weighted by Gasteiger charge is 2.15. The second-order valence-electron chi connectivity index (χ2n) is 13.8. The summed E-state index contributed by atoms with van der Waals surface area (Å²) in [5, 5.41) is 5.06. The van der Waals surface area contributed by atoms with Crippen molar-refractivity contribution >= 4 is 49.6 Å². The molecule has 0 N–H and O–H groups in total. The van der Waals surface area contributed by atoms with E-state index in [0.29, 0.717) is 0 Å². The highest BCUT2D eigenvalue weighted by atomic mass is 15.1. The molecule has 0 aliphatic rings. The summed E-state index contributed by atoms with van der Waals surface area (Å²) in [6.07, 6.45) is 0. The summed E-state index contributed by atoms with van der Waals surface area (Å²) < 4.78 is 2.38. The minimum Gasteiger partial charge on any atom is -0.311 e. The van der Waals surface area contributed by atoms with Gasteiger partial charge in [-0.25, -0.2) is 0 Å². The lowest BCUT2D eigenvalue weighted by Crippen LogP contribution is -2.09. The van der Waals surface area contributed by atoms with Crippen LogP contribution in [0.5, 0.6) is 0 Å². The van der Waals surface area contributed by atoms with Crippen molar-refractivity contribution in [2.75, 3.05) is 4.90 Å². The van der Waals surface area contributed by atoms with Gasteiger partial charge in [-0.2, -0.15) is 0 Å². The molecule has 0 bridgehead atoms. The number of benzene rings is 9. The molecule has 0 saturated heterocycles. The van der Waals surface area contributed by atoms with Crippen LogP contribution in [0, 0.1) is 0 Å². The zero-order valence-corrected chi connectivity index (χ0v) is 29.7. The van der Waals surface area contributed by atoms with Gasteiger partial charge in [-0.05, 0) is 117 Å². The lowest BCUT2D eigenvalue weighted by Gasteiger charge is -2.26. The zero-order valence-electron chi connectivity index (χ0n) is 29.7. The largest absolute Gasteiger partial charge is 0.311 e. The smallest absolute Gasteiger partial charge is 0.0541 e. The van der Waals surface area contributed by atoms with Gasteiger partial charge >= 0.3 is 0 Å². The summed E-state index contributed by atoms with van der Waals surface area (Å²) in [4.78, 5) is 2.33. The van der Waals surface area contributed by atoms with E-state index < -0.39 is 0 Å². The van der Waals surface area contributed by atoms with Crippen LogP contribution in [0.1, 0.15) is 0 Å². The van der Waals surface area contributed by atoms with Gasteiger partial charge in [0.05, 0.1) is 11.0 Å². The molecule has 0 saturated carbocycles. The van der Waals surface area contributed by atoms with Gasteiger partial charge in [0.2, 0.25) is 0 Å². The molecular formula is C52H36N2. The number of aromatic nitrogens is 1. The fraction of sp³-hybridized carbons (Fsp3) is 0. The molecule has 54 heavy (non-hydrogen) atoms. The van der Waals surface area contributed by atoms with E-state index in [1.165, 1.54) is 66.0 Å². The molecular weight excluding hydrogens is 653 g/mol. The summed E-state index contributed by atoms with van der Waals surface area (Å²) in [5.41, 5.74) is 14.1. The molecule has 9 aromatic carbocycles. The lowest BCUT2D eigenvalue weighted by atomic mass is 9.97. The Bertz CT molecular complexity index is 2870. The third-order valence-corrected chi connectivity index (χ3v) is 10.6. The van der Waals surface area contributed by atoms with Crippen molar-refractivity contribution in [2.45, 2.75) is 0 Å². The van der Waals surface area contributed by atoms with E-state index >= 15 is 0 Å².